The minimum Gasteiger partial charge on any atom is -0.369 e. The first-order valence-corrected chi connectivity index (χ1v) is 7.61. The Hall–Kier alpha value is -1.89. The van der Waals surface area contributed by atoms with Crippen LogP contribution in [0.5, 0.6) is 0 Å². The molecule has 2 aromatic rings. The maximum atomic E-state index is 4.49. The van der Waals surface area contributed by atoms with Gasteiger partial charge in [0.15, 0.2) is 5.65 Å². The van der Waals surface area contributed by atoms with Gasteiger partial charge in [0.05, 0.1) is 11.6 Å². The van der Waals surface area contributed by atoms with Gasteiger partial charge in [-0.3, -0.25) is 5.10 Å². The second kappa shape index (κ2) is 6.26. The Balaban J connectivity index is 1.65. The second-order valence-electron chi connectivity index (χ2n) is 5.77. The Labute approximate surface area is 124 Å². The number of hydrogen-bond acceptors (Lipinski definition) is 6. The van der Waals surface area contributed by atoms with Gasteiger partial charge in [0.2, 0.25) is 5.95 Å². The third kappa shape index (κ3) is 3.24. The molecule has 0 bridgehead atoms. The van der Waals surface area contributed by atoms with Gasteiger partial charge in [-0.05, 0) is 31.8 Å². The third-order valence-electron chi connectivity index (χ3n) is 3.92. The molecule has 1 unspecified atom stereocenters. The average molecular weight is 289 g/mol. The van der Waals surface area contributed by atoms with Crippen molar-refractivity contribution in [3.8, 4) is 0 Å². The number of hydrogen-bond donors (Lipinski definition) is 3. The third-order valence-corrected chi connectivity index (χ3v) is 3.92. The van der Waals surface area contributed by atoms with E-state index in [0.29, 0.717) is 11.9 Å². The summed E-state index contributed by atoms with van der Waals surface area (Å²) in [5, 5.41) is 14.3. The van der Waals surface area contributed by atoms with Gasteiger partial charge in [-0.2, -0.15) is 15.1 Å². The summed E-state index contributed by atoms with van der Waals surface area (Å²) in [5.74, 6) is 2.02. The van der Waals surface area contributed by atoms with Gasteiger partial charge < -0.3 is 15.5 Å². The van der Waals surface area contributed by atoms with Crippen LogP contribution in [0, 0.1) is 5.92 Å². The molecule has 1 fully saturated rings. The molecular formula is C14H23N7. The van der Waals surface area contributed by atoms with Crippen LogP contribution >= 0.6 is 0 Å². The van der Waals surface area contributed by atoms with E-state index in [-0.39, 0.29) is 0 Å². The predicted molar refractivity (Wildman–Crippen MR) is 84.6 cm³/mol. The van der Waals surface area contributed by atoms with Crippen LogP contribution in [0.3, 0.4) is 0 Å². The number of nitrogens with one attached hydrogen (secondary N) is 3. The van der Waals surface area contributed by atoms with Crippen LogP contribution in [0.1, 0.15) is 19.8 Å². The van der Waals surface area contributed by atoms with Gasteiger partial charge in [0.25, 0.3) is 0 Å². The van der Waals surface area contributed by atoms with E-state index < -0.39 is 0 Å². The summed E-state index contributed by atoms with van der Waals surface area (Å²) in [4.78, 5) is 11.4. The Morgan fingerprint density at radius 2 is 2.14 bits per heavy atom. The Bertz CT molecular complexity index is 588. The largest absolute Gasteiger partial charge is 0.369 e. The van der Waals surface area contributed by atoms with Crippen molar-refractivity contribution in [2.75, 3.05) is 43.9 Å². The van der Waals surface area contributed by atoms with Crippen LogP contribution in [0.15, 0.2) is 6.20 Å². The number of fused-ring (bicyclic) bond motifs is 1. The van der Waals surface area contributed by atoms with Crippen LogP contribution in [0.2, 0.25) is 0 Å². The van der Waals surface area contributed by atoms with E-state index in [0.717, 1.165) is 29.9 Å². The molecule has 7 heteroatoms. The number of H-pyrrole nitrogens is 1. The summed E-state index contributed by atoms with van der Waals surface area (Å²) in [6.45, 7) is 6.81. The van der Waals surface area contributed by atoms with Crippen molar-refractivity contribution in [2.24, 2.45) is 5.92 Å². The van der Waals surface area contributed by atoms with Crippen LogP contribution in [0.25, 0.3) is 11.0 Å². The first-order chi connectivity index (χ1) is 10.3. The molecule has 0 saturated carbocycles. The van der Waals surface area contributed by atoms with Crippen molar-refractivity contribution in [2.45, 2.75) is 19.8 Å². The highest BCUT2D eigenvalue weighted by atomic mass is 15.2. The molecule has 0 aromatic carbocycles. The average Bonchev–Trinajstić information content (AvgIpc) is 3.15. The number of likely N-dealkylation sites (tertiary alicyclic amines) is 1. The van der Waals surface area contributed by atoms with Crippen molar-refractivity contribution < 1.29 is 0 Å². The van der Waals surface area contributed by atoms with Gasteiger partial charge in [0.1, 0.15) is 5.82 Å². The van der Waals surface area contributed by atoms with E-state index in [1.54, 1.807) is 6.20 Å². The molecule has 1 aliphatic heterocycles. The molecule has 0 aliphatic carbocycles. The second-order valence-corrected chi connectivity index (χ2v) is 5.77. The lowest BCUT2D eigenvalue weighted by molar-refractivity contribution is 0.294. The van der Waals surface area contributed by atoms with Crippen LogP contribution < -0.4 is 10.6 Å². The van der Waals surface area contributed by atoms with Crippen molar-refractivity contribution in [1.82, 2.24) is 25.1 Å². The molecule has 0 radical (unpaired) electrons. The molecule has 0 amide bonds. The van der Waals surface area contributed by atoms with Crippen molar-refractivity contribution in [3.63, 3.8) is 0 Å². The zero-order chi connectivity index (χ0) is 14.7. The van der Waals surface area contributed by atoms with Crippen LogP contribution in [-0.2, 0) is 0 Å². The van der Waals surface area contributed by atoms with E-state index >= 15 is 0 Å². The lowest BCUT2D eigenvalue weighted by Crippen LogP contribution is -2.29. The number of nitrogens with zero attached hydrogens (tertiary/aromatic N) is 4. The van der Waals surface area contributed by atoms with Gasteiger partial charge >= 0.3 is 0 Å². The summed E-state index contributed by atoms with van der Waals surface area (Å²) < 4.78 is 0. The SMILES string of the molecule is CNc1nc(NCC(C)CN2CCCC2)c2cn[nH]c2n1. The van der Waals surface area contributed by atoms with E-state index in [1.165, 1.54) is 25.9 Å². The number of aromatic nitrogens is 4. The molecule has 114 valence electrons. The molecule has 3 heterocycles. The molecule has 2 aromatic heterocycles. The van der Waals surface area contributed by atoms with E-state index in [4.69, 9.17) is 0 Å². The summed E-state index contributed by atoms with van der Waals surface area (Å²) >= 11 is 0. The smallest absolute Gasteiger partial charge is 0.226 e. The Morgan fingerprint density at radius 1 is 1.33 bits per heavy atom. The summed E-state index contributed by atoms with van der Waals surface area (Å²) in [6.07, 6.45) is 4.45. The van der Waals surface area contributed by atoms with Gasteiger partial charge in [-0.25, -0.2) is 0 Å². The molecule has 1 saturated heterocycles. The fourth-order valence-corrected chi connectivity index (χ4v) is 2.82. The van der Waals surface area contributed by atoms with Crippen molar-refractivity contribution >= 4 is 22.8 Å². The maximum Gasteiger partial charge on any atom is 0.226 e. The standard InChI is InChI=1S/C14H23N7/c1-10(9-21-5-3-4-6-21)7-16-12-11-8-17-20-13(11)19-14(15-2)18-12/h8,10H,3-7,9H2,1-2H3,(H3,15,16,17,18,19,20). The Morgan fingerprint density at radius 3 is 2.90 bits per heavy atom. The first-order valence-electron chi connectivity index (χ1n) is 7.61. The zero-order valence-electron chi connectivity index (χ0n) is 12.7. The molecule has 0 spiro atoms. The summed E-state index contributed by atoms with van der Waals surface area (Å²) in [6, 6.07) is 0. The minimum absolute atomic E-state index is 0.582. The molecular weight excluding hydrogens is 266 g/mol. The number of rotatable bonds is 6. The fourth-order valence-electron chi connectivity index (χ4n) is 2.82. The molecule has 3 rings (SSSR count). The fraction of sp³-hybridized carbons (Fsp3) is 0.643. The van der Waals surface area contributed by atoms with Gasteiger partial charge in [-0.1, -0.05) is 6.92 Å². The molecule has 1 atom stereocenters. The van der Waals surface area contributed by atoms with Crippen LogP contribution in [0.4, 0.5) is 11.8 Å². The number of anilines is 2. The quantitative estimate of drug-likeness (QED) is 0.748. The first kappa shape index (κ1) is 14.1. The predicted octanol–water partition coefficient (Wildman–Crippen LogP) is 1.54. The van der Waals surface area contributed by atoms with E-state index in [1.807, 2.05) is 7.05 Å². The highest BCUT2D eigenvalue weighted by Crippen LogP contribution is 2.20. The van der Waals surface area contributed by atoms with Crippen molar-refractivity contribution in [3.05, 3.63) is 6.20 Å². The van der Waals surface area contributed by atoms with Gasteiger partial charge in [0, 0.05) is 20.1 Å². The summed E-state index contributed by atoms with van der Waals surface area (Å²) in [7, 11) is 1.82. The zero-order valence-corrected chi connectivity index (χ0v) is 12.7. The lowest BCUT2D eigenvalue weighted by atomic mass is 10.1. The molecule has 7 nitrogen and oxygen atoms in total. The highest BCUT2D eigenvalue weighted by molar-refractivity contribution is 5.86. The number of aromatic amines is 1. The highest BCUT2D eigenvalue weighted by Gasteiger charge is 2.15. The van der Waals surface area contributed by atoms with E-state index in [2.05, 4.69) is 42.6 Å². The lowest BCUT2D eigenvalue weighted by Gasteiger charge is -2.20. The van der Waals surface area contributed by atoms with Crippen LogP contribution in [-0.4, -0.2) is 58.3 Å². The van der Waals surface area contributed by atoms with E-state index in [9.17, 15) is 0 Å². The Kier molecular flexibility index (Phi) is 4.19. The maximum absolute atomic E-state index is 4.49. The topological polar surface area (TPSA) is 81.8 Å². The normalized spacial score (nSPS) is 17.2. The van der Waals surface area contributed by atoms with Gasteiger partial charge in [-0.15, -0.1) is 0 Å². The van der Waals surface area contributed by atoms with Crippen molar-refractivity contribution in [1.29, 1.82) is 0 Å². The molecule has 1 aliphatic rings. The molecule has 21 heavy (non-hydrogen) atoms. The minimum atomic E-state index is 0.582. The summed E-state index contributed by atoms with van der Waals surface area (Å²) in [5.41, 5.74) is 0.754. The molecule has 3 N–H and O–H groups in total. The monoisotopic (exact) mass is 289 g/mol.